The fourth-order valence-corrected chi connectivity index (χ4v) is 4.19. The first-order chi connectivity index (χ1) is 14.1. The molecule has 1 aliphatic rings. The summed E-state index contributed by atoms with van der Waals surface area (Å²) < 4.78 is 10.2. The van der Waals surface area contributed by atoms with Crippen LogP contribution >= 0.6 is 11.3 Å². The van der Waals surface area contributed by atoms with E-state index in [1.165, 1.54) is 0 Å². The van der Waals surface area contributed by atoms with Crippen LogP contribution in [-0.4, -0.2) is 61.2 Å². The van der Waals surface area contributed by atoms with E-state index in [9.17, 15) is 9.59 Å². The van der Waals surface area contributed by atoms with Crippen LogP contribution in [0.2, 0.25) is 0 Å². The van der Waals surface area contributed by atoms with Crippen LogP contribution in [-0.2, 0) is 25.6 Å². The summed E-state index contributed by atoms with van der Waals surface area (Å²) in [4.78, 5) is 32.1. The van der Waals surface area contributed by atoms with E-state index in [0.717, 1.165) is 28.1 Å². The van der Waals surface area contributed by atoms with Crippen molar-refractivity contribution in [3.05, 3.63) is 41.0 Å². The van der Waals surface area contributed by atoms with E-state index in [2.05, 4.69) is 10.3 Å². The van der Waals surface area contributed by atoms with Crippen molar-refractivity contribution in [2.45, 2.75) is 32.4 Å². The van der Waals surface area contributed by atoms with Gasteiger partial charge in [-0.25, -0.2) is 4.98 Å². The number of methoxy groups -OCH3 is 1. The molecule has 8 heteroatoms. The van der Waals surface area contributed by atoms with E-state index >= 15 is 0 Å². The first-order valence-electron chi connectivity index (χ1n) is 9.73. The number of hydrogen-bond acceptors (Lipinski definition) is 6. The quantitative estimate of drug-likeness (QED) is 0.634. The van der Waals surface area contributed by atoms with Gasteiger partial charge in [0.15, 0.2) is 0 Å². The Hall–Kier alpha value is -2.29. The summed E-state index contributed by atoms with van der Waals surface area (Å²) in [7, 11) is 1.58. The van der Waals surface area contributed by atoms with Crippen molar-refractivity contribution in [1.29, 1.82) is 0 Å². The predicted molar refractivity (Wildman–Crippen MR) is 112 cm³/mol. The van der Waals surface area contributed by atoms with Gasteiger partial charge in [-0.05, 0) is 30.9 Å². The molecule has 1 aromatic carbocycles. The van der Waals surface area contributed by atoms with Crippen molar-refractivity contribution in [2.24, 2.45) is 0 Å². The Balaban J connectivity index is 1.50. The number of aryl methyl sites for hydroxylation is 1. The lowest BCUT2D eigenvalue weighted by atomic mass is 10.1. The molecule has 0 radical (unpaired) electrons. The molecule has 2 aromatic rings. The average molecular weight is 418 g/mol. The Kier molecular flexibility index (Phi) is 7.74. The zero-order chi connectivity index (χ0) is 20.6. The lowest BCUT2D eigenvalue weighted by Gasteiger charge is -2.24. The molecule has 0 bridgehead atoms. The number of likely N-dealkylation sites (tertiary alicyclic amines) is 1. The summed E-state index contributed by atoms with van der Waals surface area (Å²) in [5.74, 6) is -0.266. The van der Waals surface area contributed by atoms with Gasteiger partial charge in [0.2, 0.25) is 11.8 Å². The molecule has 0 spiro atoms. The second-order valence-corrected chi connectivity index (χ2v) is 7.83. The first-order valence-corrected chi connectivity index (χ1v) is 10.6. The molecule has 156 valence electrons. The van der Waals surface area contributed by atoms with Crippen LogP contribution in [0.25, 0.3) is 10.4 Å². The van der Waals surface area contributed by atoms with Crippen LogP contribution in [0.3, 0.4) is 0 Å². The Morgan fingerprint density at radius 2 is 2.07 bits per heavy atom. The lowest BCUT2D eigenvalue weighted by Crippen LogP contribution is -2.47. The Morgan fingerprint density at radius 3 is 2.76 bits per heavy atom. The molecule has 1 aliphatic heterocycles. The number of hydrogen-bond donors (Lipinski definition) is 1. The Bertz CT molecular complexity index is 822. The van der Waals surface area contributed by atoms with E-state index in [0.29, 0.717) is 32.7 Å². The molecule has 0 aliphatic carbocycles. The Labute approximate surface area is 175 Å². The first kappa shape index (κ1) is 21.4. The molecule has 1 aromatic heterocycles. The van der Waals surface area contributed by atoms with E-state index < -0.39 is 6.04 Å². The number of benzene rings is 1. The van der Waals surface area contributed by atoms with Crippen molar-refractivity contribution in [3.8, 4) is 10.4 Å². The predicted octanol–water partition coefficient (Wildman–Crippen LogP) is 2.39. The third-order valence-electron chi connectivity index (χ3n) is 4.96. The minimum absolute atomic E-state index is 0.0222. The molecule has 1 atom stereocenters. The highest BCUT2D eigenvalue weighted by atomic mass is 32.1. The summed E-state index contributed by atoms with van der Waals surface area (Å²) in [6.45, 7) is 3.81. The van der Waals surface area contributed by atoms with Crippen LogP contribution in [0, 0.1) is 6.92 Å². The van der Waals surface area contributed by atoms with Crippen molar-refractivity contribution in [1.82, 2.24) is 15.2 Å². The number of amides is 2. The lowest BCUT2D eigenvalue weighted by molar-refractivity contribution is -0.142. The second kappa shape index (κ2) is 10.5. The van der Waals surface area contributed by atoms with Gasteiger partial charge in [-0.15, -0.1) is 11.3 Å². The fourth-order valence-electron chi connectivity index (χ4n) is 3.38. The maximum Gasteiger partial charge on any atom is 0.249 e. The van der Waals surface area contributed by atoms with Crippen LogP contribution in [0.4, 0.5) is 0 Å². The van der Waals surface area contributed by atoms with E-state index in [-0.39, 0.29) is 18.4 Å². The molecule has 2 amide bonds. The molecule has 29 heavy (non-hydrogen) atoms. The van der Waals surface area contributed by atoms with Gasteiger partial charge < -0.3 is 19.7 Å². The number of ether oxygens (including phenoxy) is 2. The smallest absolute Gasteiger partial charge is 0.249 e. The molecule has 1 saturated heterocycles. The van der Waals surface area contributed by atoms with E-state index in [1.807, 2.05) is 36.7 Å². The number of aromatic nitrogens is 1. The largest absolute Gasteiger partial charge is 0.382 e. The van der Waals surface area contributed by atoms with Crippen LogP contribution in [0.15, 0.2) is 29.8 Å². The fraction of sp³-hybridized carbons (Fsp3) is 0.476. The summed E-state index contributed by atoms with van der Waals surface area (Å²) in [5.41, 5.74) is 5.01. The maximum atomic E-state index is 12.6. The zero-order valence-electron chi connectivity index (χ0n) is 16.8. The molecule has 1 unspecified atom stereocenters. The summed E-state index contributed by atoms with van der Waals surface area (Å²) in [6, 6.07) is 7.69. The minimum atomic E-state index is -0.423. The number of rotatable bonds is 9. The Morgan fingerprint density at radius 1 is 1.28 bits per heavy atom. The third kappa shape index (κ3) is 5.62. The van der Waals surface area contributed by atoms with Crippen molar-refractivity contribution in [3.63, 3.8) is 0 Å². The monoisotopic (exact) mass is 417 g/mol. The van der Waals surface area contributed by atoms with Gasteiger partial charge in [0.05, 0.1) is 29.3 Å². The molecular weight excluding hydrogens is 390 g/mol. The molecule has 0 saturated carbocycles. The number of carbonyl (C=O) groups is 2. The highest BCUT2D eigenvalue weighted by Gasteiger charge is 2.33. The number of nitrogens with one attached hydrogen (secondary N) is 1. The van der Waals surface area contributed by atoms with Gasteiger partial charge in [0.1, 0.15) is 12.6 Å². The standard InChI is InChI=1S/C21H27N3O4S/c1-15-20(29-14-23-15)17-7-5-16(6-8-17)12-22-21(26)18-4-3-9-24(18)19(25)13-28-11-10-27-2/h5-8,14,18H,3-4,9-13H2,1-2H3,(H,22,26). The van der Waals surface area contributed by atoms with Crippen LogP contribution in [0.5, 0.6) is 0 Å². The molecule has 2 heterocycles. The molecule has 3 rings (SSSR count). The number of carbonyl (C=O) groups excluding carboxylic acids is 2. The SMILES string of the molecule is COCCOCC(=O)N1CCCC1C(=O)NCc1ccc(-c2scnc2C)cc1. The van der Waals surface area contributed by atoms with Gasteiger partial charge in [0, 0.05) is 20.2 Å². The highest BCUT2D eigenvalue weighted by Crippen LogP contribution is 2.27. The van der Waals surface area contributed by atoms with E-state index in [4.69, 9.17) is 9.47 Å². The van der Waals surface area contributed by atoms with Gasteiger partial charge >= 0.3 is 0 Å². The van der Waals surface area contributed by atoms with Gasteiger partial charge in [-0.1, -0.05) is 24.3 Å². The molecule has 1 N–H and O–H groups in total. The topological polar surface area (TPSA) is 80.8 Å². The van der Waals surface area contributed by atoms with Crippen LogP contribution < -0.4 is 5.32 Å². The van der Waals surface area contributed by atoms with Crippen LogP contribution in [0.1, 0.15) is 24.1 Å². The van der Waals surface area contributed by atoms with Gasteiger partial charge in [-0.3, -0.25) is 9.59 Å². The minimum Gasteiger partial charge on any atom is -0.382 e. The van der Waals surface area contributed by atoms with Crippen molar-refractivity contribution >= 4 is 23.2 Å². The second-order valence-electron chi connectivity index (χ2n) is 6.97. The van der Waals surface area contributed by atoms with E-state index in [1.54, 1.807) is 23.3 Å². The van der Waals surface area contributed by atoms with Crippen molar-refractivity contribution in [2.75, 3.05) is 33.5 Å². The van der Waals surface area contributed by atoms with Gasteiger partial charge in [-0.2, -0.15) is 0 Å². The molecular formula is C21H27N3O4S. The zero-order valence-corrected chi connectivity index (χ0v) is 17.7. The summed E-state index contributed by atoms with van der Waals surface area (Å²) in [5, 5.41) is 2.96. The number of nitrogens with zero attached hydrogens (tertiary/aromatic N) is 2. The highest BCUT2D eigenvalue weighted by molar-refractivity contribution is 7.13. The molecule has 7 nitrogen and oxygen atoms in total. The molecule has 1 fully saturated rings. The maximum absolute atomic E-state index is 12.6. The van der Waals surface area contributed by atoms with Gasteiger partial charge in [0.25, 0.3) is 0 Å². The summed E-state index contributed by atoms with van der Waals surface area (Å²) in [6.07, 6.45) is 1.50. The average Bonchev–Trinajstić information content (AvgIpc) is 3.39. The third-order valence-corrected chi connectivity index (χ3v) is 5.94. The van der Waals surface area contributed by atoms with Crippen molar-refractivity contribution < 1.29 is 19.1 Å². The normalized spacial score (nSPS) is 16.2. The number of thiazole rings is 1. The summed E-state index contributed by atoms with van der Waals surface area (Å²) >= 11 is 1.62.